The van der Waals surface area contributed by atoms with E-state index in [-0.39, 0.29) is 11.8 Å². The number of hydrogen-bond donors (Lipinski definition) is 1. The molecule has 1 N–H and O–H groups in total. The molecule has 18 heavy (non-hydrogen) atoms. The van der Waals surface area contributed by atoms with E-state index in [1.54, 1.807) is 0 Å². The Labute approximate surface area is 109 Å². The third-order valence-electron chi connectivity index (χ3n) is 3.14. The first-order valence-electron chi connectivity index (χ1n) is 6.13. The number of nitrogens with zero attached hydrogens (tertiary/aromatic N) is 2. The lowest BCUT2D eigenvalue weighted by molar-refractivity contribution is 0.558. The Balaban J connectivity index is 2.53. The number of aromatic nitrogens is 2. The minimum Gasteiger partial charge on any atom is -0.310 e. The molecule has 5 nitrogen and oxygen atoms in total. The lowest BCUT2D eigenvalue weighted by atomic mass is 10.1. The van der Waals surface area contributed by atoms with E-state index >= 15 is 0 Å². The third-order valence-corrected chi connectivity index (χ3v) is 4.17. The molecule has 0 aliphatic carbocycles. The van der Waals surface area contributed by atoms with Gasteiger partial charge in [0, 0.05) is 30.6 Å². The van der Waals surface area contributed by atoms with E-state index in [4.69, 9.17) is 0 Å². The van der Waals surface area contributed by atoms with Crippen molar-refractivity contribution >= 4 is 9.84 Å². The Bertz CT molecular complexity index is 506. The molecule has 6 heteroatoms. The van der Waals surface area contributed by atoms with Crippen LogP contribution in [0.4, 0.5) is 0 Å². The molecule has 1 aromatic heterocycles. The van der Waals surface area contributed by atoms with Crippen LogP contribution in [0.5, 0.6) is 0 Å². The lowest BCUT2D eigenvalue weighted by Crippen LogP contribution is -2.22. The largest absolute Gasteiger partial charge is 0.310 e. The highest BCUT2D eigenvalue weighted by molar-refractivity contribution is 7.90. The highest BCUT2D eigenvalue weighted by Crippen LogP contribution is 2.20. The molecule has 104 valence electrons. The van der Waals surface area contributed by atoms with Gasteiger partial charge in [0.1, 0.15) is 9.84 Å². The molecular formula is C12H23N3O2S. The highest BCUT2D eigenvalue weighted by Gasteiger charge is 2.15. The summed E-state index contributed by atoms with van der Waals surface area (Å²) in [5.41, 5.74) is 3.38. The van der Waals surface area contributed by atoms with Gasteiger partial charge in [-0.2, -0.15) is 5.10 Å². The van der Waals surface area contributed by atoms with Gasteiger partial charge in [-0.1, -0.05) is 0 Å². The van der Waals surface area contributed by atoms with Gasteiger partial charge < -0.3 is 5.32 Å². The Kier molecular flexibility index (Phi) is 4.92. The van der Waals surface area contributed by atoms with Crippen molar-refractivity contribution in [2.45, 2.75) is 33.2 Å². The number of sulfone groups is 1. The summed E-state index contributed by atoms with van der Waals surface area (Å²) < 4.78 is 23.9. The number of hydrogen-bond acceptors (Lipinski definition) is 4. The molecule has 1 atom stereocenters. The van der Waals surface area contributed by atoms with Crippen molar-refractivity contribution in [1.82, 2.24) is 15.1 Å². The van der Waals surface area contributed by atoms with Crippen molar-refractivity contribution in [2.24, 2.45) is 7.05 Å². The van der Waals surface area contributed by atoms with Crippen molar-refractivity contribution < 1.29 is 8.42 Å². The van der Waals surface area contributed by atoms with Crippen LogP contribution in [0.2, 0.25) is 0 Å². The molecule has 0 aliphatic rings. The first-order valence-corrected chi connectivity index (χ1v) is 8.19. The van der Waals surface area contributed by atoms with Gasteiger partial charge in [0.05, 0.1) is 11.4 Å². The molecule has 0 aliphatic heterocycles. The Morgan fingerprint density at radius 3 is 2.44 bits per heavy atom. The minimum absolute atomic E-state index is 0.193. The maximum Gasteiger partial charge on any atom is 0.147 e. The van der Waals surface area contributed by atoms with Crippen LogP contribution in [0.1, 0.15) is 36.3 Å². The SMILES string of the molecule is Cc1nn(C)c(C)c1C(C)NCCCS(C)(=O)=O. The van der Waals surface area contributed by atoms with E-state index in [9.17, 15) is 8.42 Å². The van der Waals surface area contributed by atoms with E-state index in [0.29, 0.717) is 13.0 Å². The predicted molar refractivity (Wildman–Crippen MR) is 73.4 cm³/mol. The summed E-state index contributed by atoms with van der Waals surface area (Å²) in [6.07, 6.45) is 1.91. The average molecular weight is 273 g/mol. The summed E-state index contributed by atoms with van der Waals surface area (Å²) >= 11 is 0. The van der Waals surface area contributed by atoms with Crippen LogP contribution < -0.4 is 5.32 Å². The van der Waals surface area contributed by atoms with Crippen LogP contribution >= 0.6 is 0 Å². The normalized spacial score (nSPS) is 13.8. The van der Waals surface area contributed by atoms with Crippen molar-refractivity contribution in [3.63, 3.8) is 0 Å². The molecule has 1 heterocycles. The first kappa shape index (κ1) is 15.2. The van der Waals surface area contributed by atoms with E-state index in [2.05, 4.69) is 17.3 Å². The summed E-state index contributed by atoms with van der Waals surface area (Å²) in [6.45, 7) is 6.82. The Morgan fingerprint density at radius 1 is 1.39 bits per heavy atom. The molecule has 0 radical (unpaired) electrons. The number of aryl methyl sites for hydroxylation is 2. The van der Waals surface area contributed by atoms with Crippen LogP contribution in [0.15, 0.2) is 0 Å². The second-order valence-corrected chi connectivity index (χ2v) is 7.13. The Hall–Kier alpha value is -0.880. The third kappa shape index (κ3) is 4.10. The molecule has 0 fully saturated rings. The van der Waals surface area contributed by atoms with Gasteiger partial charge in [0.2, 0.25) is 0 Å². The fourth-order valence-corrected chi connectivity index (χ4v) is 2.84. The van der Waals surface area contributed by atoms with E-state index in [1.807, 2.05) is 25.6 Å². The molecule has 0 saturated carbocycles. The molecule has 0 saturated heterocycles. The van der Waals surface area contributed by atoms with Crippen LogP contribution in [0.3, 0.4) is 0 Å². The topological polar surface area (TPSA) is 64.0 Å². The van der Waals surface area contributed by atoms with E-state index in [1.165, 1.54) is 11.8 Å². The van der Waals surface area contributed by atoms with Crippen molar-refractivity contribution in [3.8, 4) is 0 Å². The zero-order valence-corrected chi connectivity index (χ0v) is 12.6. The molecule has 1 aromatic rings. The molecule has 0 spiro atoms. The van der Waals surface area contributed by atoms with Gasteiger partial charge >= 0.3 is 0 Å². The number of rotatable bonds is 6. The molecule has 0 amide bonds. The van der Waals surface area contributed by atoms with E-state index < -0.39 is 9.84 Å². The van der Waals surface area contributed by atoms with Gasteiger partial charge in [0.25, 0.3) is 0 Å². The fraction of sp³-hybridized carbons (Fsp3) is 0.750. The second-order valence-electron chi connectivity index (χ2n) is 4.87. The van der Waals surface area contributed by atoms with Gasteiger partial charge in [-0.3, -0.25) is 4.68 Å². The monoisotopic (exact) mass is 273 g/mol. The smallest absolute Gasteiger partial charge is 0.147 e. The summed E-state index contributed by atoms with van der Waals surface area (Å²) in [6, 6.07) is 0.193. The molecule has 1 unspecified atom stereocenters. The van der Waals surface area contributed by atoms with Gasteiger partial charge in [-0.25, -0.2) is 8.42 Å². The average Bonchev–Trinajstić information content (AvgIpc) is 2.47. The number of nitrogens with one attached hydrogen (secondary N) is 1. The lowest BCUT2D eigenvalue weighted by Gasteiger charge is -2.14. The Morgan fingerprint density at radius 2 is 2.00 bits per heavy atom. The molecule has 0 aromatic carbocycles. The van der Waals surface area contributed by atoms with Gasteiger partial charge in [-0.15, -0.1) is 0 Å². The zero-order chi connectivity index (χ0) is 13.9. The second kappa shape index (κ2) is 5.84. The quantitative estimate of drug-likeness (QED) is 0.789. The first-order chi connectivity index (χ1) is 8.22. The molecule has 0 bridgehead atoms. The van der Waals surface area contributed by atoms with Crippen molar-refractivity contribution in [2.75, 3.05) is 18.6 Å². The summed E-state index contributed by atoms with van der Waals surface area (Å²) in [5, 5.41) is 7.73. The van der Waals surface area contributed by atoms with Crippen molar-refractivity contribution in [3.05, 3.63) is 17.0 Å². The standard InChI is InChI=1S/C12H23N3O2S/c1-9(13-7-6-8-18(5,16)17)12-10(2)14-15(4)11(12)3/h9,13H,6-8H2,1-5H3. The zero-order valence-electron chi connectivity index (χ0n) is 11.8. The predicted octanol–water partition coefficient (Wildman–Crippen LogP) is 1.12. The highest BCUT2D eigenvalue weighted by atomic mass is 32.2. The fourth-order valence-electron chi connectivity index (χ4n) is 2.17. The van der Waals surface area contributed by atoms with Crippen LogP contribution in [-0.2, 0) is 16.9 Å². The van der Waals surface area contributed by atoms with E-state index in [0.717, 1.165) is 11.4 Å². The maximum absolute atomic E-state index is 11.0. The molecule has 1 rings (SSSR count). The summed E-state index contributed by atoms with van der Waals surface area (Å²) in [7, 11) is -0.923. The summed E-state index contributed by atoms with van der Waals surface area (Å²) in [5.74, 6) is 0.234. The van der Waals surface area contributed by atoms with Crippen LogP contribution in [0, 0.1) is 13.8 Å². The van der Waals surface area contributed by atoms with Gasteiger partial charge in [-0.05, 0) is 33.7 Å². The van der Waals surface area contributed by atoms with Crippen LogP contribution in [-0.4, -0.2) is 36.8 Å². The van der Waals surface area contributed by atoms with Crippen molar-refractivity contribution in [1.29, 1.82) is 0 Å². The maximum atomic E-state index is 11.0. The molecular weight excluding hydrogens is 250 g/mol. The van der Waals surface area contributed by atoms with Gasteiger partial charge in [0.15, 0.2) is 0 Å². The van der Waals surface area contributed by atoms with Crippen LogP contribution in [0.25, 0.3) is 0 Å². The minimum atomic E-state index is -2.86. The summed E-state index contributed by atoms with van der Waals surface area (Å²) in [4.78, 5) is 0.